The highest BCUT2D eigenvalue weighted by Crippen LogP contribution is 2.16. The van der Waals surface area contributed by atoms with Crippen molar-refractivity contribution < 1.29 is 13.2 Å². The number of piperidine rings is 1. The standard InChI is InChI=1S/C16H32N2O3S/c1-5-14(6-2)12-22(20,21)17-15-7-9-18(10-8-15)16(19)11-13(3)4/h13-15,17H,5-12H2,1-4H3. The van der Waals surface area contributed by atoms with E-state index in [-0.39, 0.29) is 23.6 Å². The summed E-state index contributed by atoms with van der Waals surface area (Å²) < 4.78 is 27.2. The lowest BCUT2D eigenvalue weighted by Gasteiger charge is -2.33. The fourth-order valence-corrected chi connectivity index (χ4v) is 4.79. The Morgan fingerprint density at radius 3 is 2.18 bits per heavy atom. The van der Waals surface area contributed by atoms with E-state index < -0.39 is 10.0 Å². The Bertz CT molecular complexity index is 436. The van der Waals surface area contributed by atoms with E-state index in [9.17, 15) is 13.2 Å². The number of likely N-dealkylation sites (tertiary alicyclic amines) is 1. The zero-order valence-electron chi connectivity index (χ0n) is 14.5. The number of hydrogen-bond donors (Lipinski definition) is 1. The molecular formula is C16H32N2O3S. The van der Waals surface area contributed by atoms with Crippen molar-refractivity contribution >= 4 is 15.9 Å². The molecule has 1 aliphatic rings. The molecule has 0 radical (unpaired) electrons. The van der Waals surface area contributed by atoms with E-state index in [4.69, 9.17) is 0 Å². The molecule has 1 heterocycles. The third-order valence-electron chi connectivity index (χ3n) is 4.39. The van der Waals surface area contributed by atoms with Crippen LogP contribution < -0.4 is 4.72 Å². The molecule has 0 aromatic rings. The van der Waals surface area contributed by atoms with Crippen LogP contribution in [0.3, 0.4) is 0 Å². The molecule has 0 bridgehead atoms. The van der Waals surface area contributed by atoms with Gasteiger partial charge in [-0.3, -0.25) is 4.79 Å². The third kappa shape index (κ3) is 6.65. The summed E-state index contributed by atoms with van der Waals surface area (Å²) in [5.74, 6) is 0.995. The van der Waals surface area contributed by atoms with Crippen molar-refractivity contribution in [3.8, 4) is 0 Å². The first-order valence-corrected chi connectivity index (χ1v) is 10.2. The van der Waals surface area contributed by atoms with Gasteiger partial charge in [0, 0.05) is 25.6 Å². The highest BCUT2D eigenvalue weighted by atomic mass is 32.2. The zero-order valence-corrected chi connectivity index (χ0v) is 15.3. The van der Waals surface area contributed by atoms with Gasteiger partial charge in [0.25, 0.3) is 0 Å². The van der Waals surface area contributed by atoms with Crippen molar-refractivity contribution in [2.45, 2.75) is 65.8 Å². The summed E-state index contributed by atoms with van der Waals surface area (Å²) in [5, 5.41) is 0. The lowest BCUT2D eigenvalue weighted by Crippen LogP contribution is -2.47. The van der Waals surface area contributed by atoms with E-state index in [1.165, 1.54) is 0 Å². The highest BCUT2D eigenvalue weighted by Gasteiger charge is 2.26. The van der Waals surface area contributed by atoms with Crippen molar-refractivity contribution in [1.29, 1.82) is 0 Å². The predicted molar refractivity (Wildman–Crippen MR) is 90.1 cm³/mol. The number of nitrogens with one attached hydrogen (secondary N) is 1. The van der Waals surface area contributed by atoms with Gasteiger partial charge in [0.1, 0.15) is 0 Å². The Kier molecular flexibility index (Phi) is 7.83. The molecule has 1 amide bonds. The Hall–Kier alpha value is -0.620. The van der Waals surface area contributed by atoms with E-state index >= 15 is 0 Å². The highest BCUT2D eigenvalue weighted by molar-refractivity contribution is 7.89. The third-order valence-corrected chi connectivity index (χ3v) is 5.99. The molecule has 0 spiro atoms. The van der Waals surface area contributed by atoms with Crippen LogP contribution in [0.4, 0.5) is 0 Å². The largest absolute Gasteiger partial charge is 0.343 e. The first-order chi connectivity index (χ1) is 10.3. The van der Waals surface area contributed by atoms with Gasteiger partial charge in [0.2, 0.25) is 15.9 Å². The van der Waals surface area contributed by atoms with Gasteiger partial charge in [0.15, 0.2) is 0 Å². The maximum absolute atomic E-state index is 12.2. The number of carbonyl (C=O) groups excluding carboxylic acids is 1. The minimum atomic E-state index is -3.21. The van der Waals surface area contributed by atoms with Crippen LogP contribution in [0.25, 0.3) is 0 Å². The van der Waals surface area contributed by atoms with Crippen LogP contribution in [0.5, 0.6) is 0 Å². The molecule has 0 aromatic carbocycles. The molecule has 1 saturated heterocycles. The molecule has 1 aliphatic heterocycles. The summed E-state index contributed by atoms with van der Waals surface area (Å²) in [4.78, 5) is 13.9. The van der Waals surface area contributed by atoms with Gasteiger partial charge in [-0.25, -0.2) is 13.1 Å². The van der Waals surface area contributed by atoms with Gasteiger partial charge in [-0.2, -0.15) is 0 Å². The molecule has 0 atom stereocenters. The van der Waals surface area contributed by atoms with Crippen molar-refractivity contribution in [1.82, 2.24) is 9.62 Å². The smallest absolute Gasteiger partial charge is 0.222 e. The fourth-order valence-electron chi connectivity index (χ4n) is 2.86. The van der Waals surface area contributed by atoms with Crippen molar-refractivity contribution in [3.05, 3.63) is 0 Å². The Morgan fingerprint density at radius 1 is 1.18 bits per heavy atom. The molecule has 130 valence electrons. The monoisotopic (exact) mass is 332 g/mol. The number of carbonyl (C=O) groups is 1. The molecule has 1 rings (SSSR count). The van der Waals surface area contributed by atoms with Crippen LogP contribution in [-0.2, 0) is 14.8 Å². The van der Waals surface area contributed by atoms with Gasteiger partial charge < -0.3 is 4.90 Å². The summed E-state index contributed by atoms with van der Waals surface area (Å²) in [6.45, 7) is 9.45. The van der Waals surface area contributed by atoms with E-state index in [0.717, 1.165) is 12.8 Å². The number of sulfonamides is 1. The van der Waals surface area contributed by atoms with Gasteiger partial charge >= 0.3 is 0 Å². The molecule has 0 aromatic heterocycles. The van der Waals surface area contributed by atoms with Gasteiger partial charge in [-0.15, -0.1) is 0 Å². The van der Waals surface area contributed by atoms with Crippen molar-refractivity contribution in [2.24, 2.45) is 11.8 Å². The predicted octanol–water partition coefficient (Wildman–Crippen LogP) is 2.38. The summed E-state index contributed by atoms with van der Waals surface area (Å²) >= 11 is 0. The Balaban J connectivity index is 2.43. The summed E-state index contributed by atoms with van der Waals surface area (Å²) in [6, 6.07) is -0.0255. The number of amides is 1. The summed E-state index contributed by atoms with van der Waals surface area (Å²) in [5.41, 5.74) is 0. The second kappa shape index (κ2) is 8.87. The molecule has 0 saturated carbocycles. The molecule has 0 unspecified atom stereocenters. The first-order valence-electron chi connectivity index (χ1n) is 8.55. The normalized spacial score (nSPS) is 17.5. The SMILES string of the molecule is CCC(CC)CS(=O)(=O)NC1CCN(C(=O)CC(C)C)CC1. The van der Waals surface area contributed by atoms with Gasteiger partial charge in [-0.05, 0) is 24.7 Å². The van der Waals surface area contributed by atoms with Crippen LogP contribution in [0.2, 0.25) is 0 Å². The first kappa shape index (κ1) is 19.4. The van der Waals surface area contributed by atoms with E-state index in [0.29, 0.717) is 38.3 Å². The lowest BCUT2D eigenvalue weighted by atomic mass is 10.0. The van der Waals surface area contributed by atoms with Gasteiger partial charge in [0.05, 0.1) is 5.75 Å². The Labute approximate surface area is 135 Å². The lowest BCUT2D eigenvalue weighted by molar-refractivity contribution is -0.133. The van der Waals surface area contributed by atoms with Crippen LogP contribution in [-0.4, -0.2) is 44.1 Å². The van der Waals surface area contributed by atoms with E-state index in [2.05, 4.69) is 4.72 Å². The van der Waals surface area contributed by atoms with Crippen LogP contribution in [0, 0.1) is 11.8 Å². The quantitative estimate of drug-likeness (QED) is 0.742. The Morgan fingerprint density at radius 2 is 1.73 bits per heavy atom. The minimum Gasteiger partial charge on any atom is -0.343 e. The van der Waals surface area contributed by atoms with Crippen LogP contribution in [0.15, 0.2) is 0 Å². The molecule has 6 heteroatoms. The molecule has 1 N–H and O–H groups in total. The topological polar surface area (TPSA) is 66.5 Å². The summed E-state index contributed by atoms with van der Waals surface area (Å²) in [6.07, 6.45) is 3.78. The second-order valence-corrected chi connectivity index (χ2v) is 8.63. The molecule has 0 aliphatic carbocycles. The van der Waals surface area contributed by atoms with Crippen molar-refractivity contribution in [2.75, 3.05) is 18.8 Å². The number of hydrogen-bond acceptors (Lipinski definition) is 3. The maximum atomic E-state index is 12.2. The zero-order chi connectivity index (χ0) is 16.8. The number of nitrogens with zero attached hydrogens (tertiary/aromatic N) is 1. The maximum Gasteiger partial charge on any atom is 0.222 e. The number of rotatable bonds is 8. The van der Waals surface area contributed by atoms with Crippen molar-refractivity contribution in [3.63, 3.8) is 0 Å². The van der Waals surface area contributed by atoms with Gasteiger partial charge in [-0.1, -0.05) is 40.5 Å². The van der Waals surface area contributed by atoms with Crippen LogP contribution >= 0.6 is 0 Å². The molecule has 22 heavy (non-hydrogen) atoms. The fraction of sp³-hybridized carbons (Fsp3) is 0.938. The summed E-state index contributed by atoms with van der Waals surface area (Å²) in [7, 11) is -3.21. The molecular weight excluding hydrogens is 300 g/mol. The average Bonchev–Trinajstić information content (AvgIpc) is 2.44. The molecule has 1 fully saturated rings. The second-order valence-electron chi connectivity index (χ2n) is 6.83. The van der Waals surface area contributed by atoms with E-state index in [1.54, 1.807) is 0 Å². The minimum absolute atomic E-state index is 0.0255. The van der Waals surface area contributed by atoms with E-state index in [1.807, 2.05) is 32.6 Å². The van der Waals surface area contributed by atoms with Crippen LogP contribution in [0.1, 0.15) is 59.8 Å². The molecule has 5 nitrogen and oxygen atoms in total. The average molecular weight is 333 g/mol.